The molecule has 158 valence electrons. The Morgan fingerprint density at radius 3 is 2.48 bits per heavy atom. The van der Waals surface area contributed by atoms with Crippen molar-refractivity contribution >= 4 is 27.3 Å². The van der Waals surface area contributed by atoms with E-state index in [0.717, 1.165) is 35.5 Å². The molecule has 1 aromatic heterocycles. The van der Waals surface area contributed by atoms with Gasteiger partial charge in [-0.1, -0.05) is 32.4 Å². The summed E-state index contributed by atoms with van der Waals surface area (Å²) in [5.41, 5.74) is 1.84. The number of carbonyl (C=O) groups is 1. The van der Waals surface area contributed by atoms with Crippen LogP contribution in [0.4, 0.5) is 0 Å². The second-order valence-electron chi connectivity index (χ2n) is 7.72. The summed E-state index contributed by atoms with van der Waals surface area (Å²) in [5.74, 6) is 0.361. The highest BCUT2D eigenvalue weighted by Crippen LogP contribution is 2.21. The van der Waals surface area contributed by atoms with Crippen molar-refractivity contribution in [2.45, 2.75) is 63.3 Å². The van der Waals surface area contributed by atoms with Crippen molar-refractivity contribution in [2.24, 2.45) is 0 Å². The van der Waals surface area contributed by atoms with Crippen molar-refractivity contribution in [2.75, 3.05) is 13.1 Å². The molecular formula is C21H29N3O3S2. The molecule has 1 fully saturated rings. The predicted molar refractivity (Wildman–Crippen MR) is 115 cm³/mol. The third-order valence-corrected chi connectivity index (χ3v) is 8.15. The molecule has 1 aliphatic rings. The summed E-state index contributed by atoms with van der Waals surface area (Å²) in [6, 6.07) is 6.92. The normalized spacial score (nSPS) is 15.6. The van der Waals surface area contributed by atoms with E-state index in [0.29, 0.717) is 43.3 Å². The maximum absolute atomic E-state index is 12.7. The molecule has 2 aromatic rings. The molecule has 6 nitrogen and oxygen atoms in total. The molecule has 29 heavy (non-hydrogen) atoms. The molecule has 1 aliphatic heterocycles. The summed E-state index contributed by atoms with van der Waals surface area (Å²) in [7, 11) is -3.41. The first-order chi connectivity index (χ1) is 13.9. The number of hydrogen-bond acceptors (Lipinski definition) is 5. The minimum Gasteiger partial charge on any atom is -0.350 e. The second kappa shape index (κ2) is 9.82. The molecule has 0 atom stereocenters. The van der Waals surface area contributed by atoms with Gasteiger partial charge in [0.2, 0.25) is 15.9 Å². The van der Waals surface area contributed by atoms with Crippen LogP contribution in [-0.4, -0.2) is 36.7 Å². The quantitative estimate of drug-likeness (QED) is 0.686. The number of benzene rings is 1. The molecule has 0 bridgehead atoms. The van der Waals surface area contributed by atoms with Crippen molar-refractivity contribution in [1.29, 1.82) is 0 Å². The van der Waals surface area contributed by atoms with Gasteiger partial charge in [-0.05, 0) is 37.0 Å². The van der Waals surface area contributed by atoms with Crippen LogP contribution in [0, 0.1) is 0 Å². The van der Waals surface area contributed by atoms with E-state index in [9.17, 15) is 13.2 Å². The number of amides is 1. The number of nitrogens with zero attached hydrogens (tertiary/aromatic N) is 2. The van der Waals surface area contributed by atoms with Crippen LogP contribution in [0.2, 0.25) is 0 Å². The standard InChI is InChI=1S/C21H29N3O3S2/c1-16(2)21-23-18(15-28-21)14-22-20(25)11-8-17-6-9-19(10-7-17)29(26,27)24-12-4-3-5-13-24/h6-7,9-10,15-16H,3-5,8,11-14H2,1-2H3,(H,22,25). The van der Waals surface area contributed by atoms with Gasteiger partial charge in [0.25, 0.3) is 0 Å². The van der Waals surface area contributed by atoms with Crippen LogP contribution in [-0.2, 0) is 27.8 Å². The zero-order valence-electron chi connectivity index (χ0n) is 17.1. The minimum absolute atomic E-state index is 0.0332. The van der Waals surface area contributed by atoms with Crippen molar-refractivity contribution in [3.8, 4) is 0 Å². The number of aryl methyl sites for hydroxylation is 1. The van der Waals surface area contributed by atoms with Crippen LogP contribution >= 0.6 is 11.3 Å². The Morgan fingerprint density at radius 2 is 1.86 bits per heavy atom. The van der Waals surface area contributed by atoms with Gasteiger partial charge in [-0.3, -0.25) is 4.79 Å². The second-order valence-corrected chi connectivity index (χ2v) is 10.5. The van der Waals surface area contributed by atoms with Crippen molar-refractivity contribution in [1.82, 2.24) is 14.6 Å². The summed E-state index contributed by atoms with van der Waals surface area (Å²) in [5, 5.41) is 5.96. The molecule has 0 radical (unpaired) electrons. The zero-order valence-corrected chi connectivity index (χ0v) is 18.7. The van der Waals surface area contributed by atoms with Crippen LogP contribution in [0.5, 0.6) is 0 Å². The highest BCUT2D eigenvalue weighted by atomic mass is 32.2. The van der Waals surface area contributed by atoms with Crippen LogP contribution < -0.4 is 5.32 Å². The lowest BCUT2D eigenvalue weighted by atomic mass is 10.1. The van der Waals surface area contributed by atoms with Crippen LogP contribution in [0.25, 0.3) is 0 Å². The van der Waals surface area contributed by atoms with Gasteiger partial charge in [0.1, 0.15) is 0 Å². The van der Waals surface area contributed by atoms with E-state index < -0.39 is 10.0 Å². The summed E-state index contributed by atoms with van der Waals surface area (Å²) in [6.45, 7) is 5.84. The Hall–Kier alpha value is -1.77. The Kier molecular flexibility index (Phi) is 7.43. The van der Waals surface area contributed by atoms with Gasteiger partial charge in [0, 0.05) is 30.8 Å². The lowest BCUT2D eigenvalue weighted by Crippen LogP contribution is -2.35. The predicted octanol–water partition coefficient (Wildman–Crippen LogP) is 3.69. The zero-order chi connectivity index (χ0) is 20.9. The first-order valence-electron chi connectivity index (χ1n) is 10.2. The maximum Gasteiger partial charge on any atom is 0.243 e. The average molecular weight is 436 g/mol. The third-order valence-electron chi connectivity index (χ3n) is 5.05. The SMILES string of the molecule is CC(C)c1nc(CNC(=O)CCc2ccc(S(=O)(=O)N3CCCCC3)cc2)cs1. The summed E-state index contributed by atoms with van der Waals surface area (Å²) >= 11 is 1.62. The van der Waals surface area contributed by atoms with Crippen LogP contribution in [0.15, 0.2) is 34.5 Å². The van der Waals surface area contributed by atoms with E-state index in [-0.39, 0.29) is 5.91 Å². The van der Waals surface area contributed by atoms with E-state index in [4.69, 9.17) is 0 Å². The number of nitrogens with one attached hydrogen (secondary N) is 1. The van der Waals surface area contributed by atoms with E-state index in [1.165, 1.54) is 0 Å². The van der Waals surface area contributed by atoms with Gasteiger partial charge in [0.05, 0.1) is 22.1 Å². The Morgan fingerprint density at radius 1 is 1.17 bits per heavy atom. The highest BCUT2D eigenvalue weighted by Gasteiger charge is 2.25. The molecule has 0 unspecified atom stereocenters. The van der Waals surface area contributed by atoms with E-state index in [2.05, 4.69) is 24.1 Å². The fourth-order valence-corrected chi connectivity index (χ4v) is 5.64. The third kappa shape index (κ3) is 5.87. The molecule has 1 aromatic carbocycles. The molecule has 0 spiro atoms. The highest BCUT2D eigenvalue weighted by molar-refractivity contribution is 7.89. The number of sulfonamides is 1. The average Bonchev–Trinajstić information content (AvgIpc) is 3.21. The summed E-state index contributed by atoms with van der Waals surface area (Å²) in [4.78, 5) is 17.0. The summed E-state index contributed by atoms with van der Waals surface area (Å²) in [6.07, 6.45) is 3.87. The van der Waals surface area contributed by atoms with Gasteiger partial charge in [0.15, 0.2) is 0 Å². The maximum atomic E-state index is 12.7. The lowest BCUT2D eigenvalue weighted by Gasteiger charge is -2.25. The lowest BCUT2D eigenvalue weighted by molar-refractivity contribution is -0.121. The number of piperidine rings is 1. The summed E-state index contributed by atoms with van der Waals surface area (Å²) < 4.78 is 26.9. The Balaban J connectivity index is 1.48. The smallest absolute Gasteiger partial charge is 0.243 e. The Bertz CT molecular complexity index is 915. The first-order valence-corrected chi connectivity index (χ1v) is 12.5. The first kappa shape index (κ1) is 21.9. The molecule has 0 saturated carbocycles. The molecule has 1 amide bonds. The molecule has 0 aliphatic carbocycles. The van der Waals surface area contributed by atoms with Crippen molar-refractivity contribution in [3.05, 3.63) is 45.9 Å². The largest absolute Gasteiger partial charge is 0.350 e. The fraction of sp³-hybridized carbons (Fsp3) is 0.524. The molecular weight excluding hydrogens is 406 g/mol. The van der Waals surface area contributed by atoms with Gasteiger partial charge in [-0.2, -0.15) is 4.31 Å². The minimum atomic E-state index is -3.41. The molecule has 3 rings (SSSR count). The molecule has 1 N–H and O–H groups in total. The number of rotatable bonds is 8. The number of carbonyl (C=O) groups excluding carboxylic acids is 1. The van der Waals surface area contributed by atoms with E-state index >= 15 is 0 Å². The van der Waals surface area contributed by atoms with Crippen LogP contribution in [0.1, 0.15) is 61.7 Å². The monoisotopic (exact) mass is 435 g/mol. The molecule has 1 saturated heterocycles. The van der Waals surface area contributed by atoms with Gasteiger partial charge in [-0.25, -0.2) is 13.4 Å². The number of thiazole rings is 1. The molecule has 2 heterocycles. The van der Waals surface area contributed by atoms with Crippen molar-refractivity contribution in [3.63, 3.8) is 0 Å². The van der Waals surface area contributed by atoms with E-state index in [1.807, 2.05) is 5.38 Å². The molecule has 8 heteroatoms. The topological polar surface area (TPSA) is 79.4 Å². The fourth-order valence-electron chi connectivity index (χ4n) is 3.29. The van der Waals surface area contributed by atoms with Gasteiger partial charge in [-0.15, -0.1) is 11.3 Å². The number of hydrogen-bond donors (Lipinski definition) is 1. The van der Waals surface area contributed by atoms with Crippen LogP contribution in [0.3, 0.4) is 0 Å². The van der Waals surface area contributed by atoms with Crippen molar-refractivity contribution < 1.29 is 13.2 Å². The van der Waals surface area contributed by atoms with Gasteiger partial charge >= 0.3 is 0 Å². The number of aromatic nitrogens is 1. The van der Waals surface area contributed by atoms with Gasteiger partial charge < -0.3 is 5.32 Å². The Labute approximate surface area is 177 Å². The van der Waals surface area contributed by atoms with E-state index in [1.54, 1.807) is 39.9 Å².